The maximum absolute atomic E-state index is 12.2. The molecule has 0 bridgehead atoms. The highest BCUT2D eigenvalue weighted by Gasteiger charge is 2.23. The monoisotopic (exact) mass is 327 g/mol. The normalized spacial score (nSPS) is 12.8. The lowest BCUT2D eigenvalue weighted by atomic mass is 9.80. The van der Waals surface area contributed by atoms with Crippen LogP contribution in [-0.2, 0) is 9.53 Å². The van der Waals surface area contributed by atoms with Gasteiger partial charge >= 0.3 is 0 Å². The molecular formula is C17H26ClNO3. The average molecular weight is 328 g/mol. The summed E-state index contributed by atoms with van der Waals surface area (Å²) in [6.07, 6.45) is 0.452. The summed E-state index contributed by atoms with van der Waals surface area (Å²) >= 11 is 6.15. The van der Waals surface area contributed by atoms with Gasteiger partial charge in [0.05, 0.1) is 17.3 Å². The van der Waals surface area contributed by atoms with Gasteiger partial charge in [0.15, 0.2) is 5.75 Å². The standard InChI is InChI=1S/C17H26ClNO3/c1-12(17(2,3)4)11-15(20)19-14-8-6-7-13(18)16(14)22-10-9-21-5/h6-8,12H,9-11H2,1-5H3,(H,19,20). The second-order valence-corrected chi connectivity index (χ2v) is 6.88. The molecule has 0 radical (unpaired) electrons. The largest absolute Gasteiger partial charge is 0.487 e. The van der Waals surface area contributed by atoms with E-state index in [4.69, 9.17) is 21.1 Å². The predicted octanol–water partition coefficient (Wildman–Crippen LogP) is 4.38. The van der Waals surface area contributed by atoms with Crippen LogP contribution in [0.3, 0.4) is 0 Å². The highest BCUT2D eigenvalue weighted by Crippen LogP contribution is 2.34. The third-order valence-electron chi connectivity index (χ3n) is 3.74. The number of halogens is 1. The Kier molecular flexibility index (Phi) is 7.17. The van der Waals surface area contributed by atoms with E-state index in [-0.39, 0.29) is 17.2 Å². The van der Waals surface area contributed by atoms with Crippen molar-refractivity contribution < 1.29 is 14.3 Å². The summed E-state index contributed by atoms with van der Waals surface area (Å²) in [7, 11) is 1.60. The Hall–Kier alpha value is -1.26. The molecule has 1 amide bonds. The van der Waals surface area contributed by atoms with Gasteiger partial charge in [0, 0.05) is 13.5 Å². The molecule has 124 valence electrons. The third kappa shape index (κ3) is 5.85. The van der Waals surface area contributed by atoms with Crippen molar-refractivity contribution in [3.8, 4) is 5.75 Å². The van der Waals surface area contributed by atoms with Crippen molar-refractivity contribution in [3.05, 3.63) is 23.2 Å². The molecule has 1 atom stereocenters. The molecule has 0 spiro atoms. The summed E-state index contributed by atoms with van der Waals surface area (Å²) in [5.41, 5.74) is 0.679. The molecule has 1 aromatic rings. The Bertz CT molecular complexity index is 497. The fourth-order valence-electron chi connectivity index (χ4n) is 1.77. The van der Waals surface area contributed by atoms with E-state index in [2.05, 4.69) is 33.0 Å². The predicted molar refractivity (Wildman–Crippen MR) is 90.7 cm³/mol. The average Bonchev–Trinajstić information content (AvgIpc) is 2.40. The zero-order valence-corrected chi connectivity index (χ0v) is 14.8. The summed E-state index contributed by atoms with van der Waals surface area (Å²) in [5.74, 6) is 0.712. The number of carbonyl (C=O) groups is 1. The van der Waals surface area contributed by atoms with Gasteiger partial charge in [-0.25, -0.2) is 0 Å². The number of anilines is 1. The van der Waals surface area contributed by atoms with Gasteiger partial charge in [0.1, 0.15) is 6.61 Å². The van der Waals surface area contributed by atoms with Crippen LogP contribution < -0.4 is 10.1 Å². The molecule has 0 aliphatic carbocycles. The minimum absolute atomic E-state index is 0.0405. The molecule has 0 aliphatic heterocycles. The summed E-state index contributed by atoms with van der Waals surface area (Å²) in [4.78, 5) is 12.2. The Morgan fingerprint density at radius 1 is 1.32 bits per heavy atom. The molecule has 1 unspecified atom stereocenters. The van der Waals surface area contributed by atoms with Crippen molar-refractivity contribution >= 4 is 23.2 Å². The number of hydrogen-bond acceptors (Lipinski definition) is 3. The molecule has 0 aromatic heterocycles. The highest BCUT2D eigenvalue weighted by molar-refractivity contribution is 6.32. The molecular weight excluding hydrogens is 302 g/mol. The SMILES string of the molecule is COCCOc1c(Cl)cccc1NC(=O)CC(C)C(C)(C)C. The fourth-order valence-corrected chi connectivity index (χ4v) is 2.00. The van der Waals surface area contributed by atoms with Crippen LogP contribution >= 0.6 is 11.6 Å². The Balaban J connectivity index is 2.76. The first-order valence-electron chi connectivity index (χ1n) is 7.45. The molecule has 5 heteroatoms. The van der Waals surface area contributed by atoms with Gasteiger partial charge in [-0.3, -0.25) is 4.79 Å². The molecule has 4 nitrogen and oxygen atoms in total. The minimum atomic E-state index is -0.0405. The zero-order valence-electron chi connectivity index (χ0n) is 14.0. The van der Waals surface area contributed by atoms with E-state index < -0.39 is 0 Å². The highest BCUT2D eigenvalue weighted by atomic mass is 35.5. The number of nitrogens with one attached hydrogen (secondary N) is 1. The van der Waals surface area contributed by atoms with E-state index in [0.717, 1.165) is 0 Å². The van der Waals surface area contributed by atoms with Crippen LogP contribution in [-0.4, -0.2) is 26.2 Å². The Morgan fingerprint density at radius 2 is 2.00 bits per heavy atom. The van der Waals surface area contributed by atoms with Gasteiger partial charge in [0.25, 0.3) is 0 Å². The Labute approximate surface area is 138 Å². The van der Waals surface area contributed by atoms with Crippen LogP contribution in [0.2, 0.25) is 5.02 Å². The lowest BCUT2D eigenvalue weighted by molar-refractivity contribution is -0.117. The van der Waals surface area contributed by atoms with Crippen LogP contribution in [0.4, 0.5) is 5.69 Å². The number of para-hydroxylation sites is 1. The number of benzene rings is 1. The van der Waals surface area contributed by atoms with Crippen molar-refractivity contribution in [2.75, 3.05) is 25.6 Å². The minimum Gasteiger partial charge on any atom is -0.487 e. The first-order valence-corrected chi connectivity index (χ1v) is 7.83. The number of rotatable bonds is 7. The van der Waals surface area contributed by atoms with E-state index in [1.807, 2.05) is 0 Å². The summed E-state index contributed by atoms with van der Waals surface area (Å²) in [6, 6.07) is 5.30. The van der Waals surface area contributed by atoms with Gasteiger partial charge < -0.3 is 14.8 Å². The van der Waals surface area contributed by atoms with Crippen molar-refractivity contribution in [1.29, 1.82) is 0 Å². The maximum Gasteiger partial charge on any atom is 0.224 e. The van der Waals surface area contributed by atoms with Crippen molar-refractivity contribution in [3.63, 3.8) is 0 Å². The van der Waals surface area contributed by atoms with Crippen LogP contribution in [0, 0.1) is 11.3 Å². The lowest BCUT2D eigenvalue weighted by Gasteiger charge is -2.26. The topological polar surface area (TPSA) is 47.6 Å². The van der Waals surface area contributed by atoms with E-state index in [9.17, 15) is 4.79 Å². The van der Waals surface area contributed by atoms with Crippen molar-refractivity contribution in [2.45, 2.75) is 34.1 Å². The van der Waals surface area contributed by atoms with Crippen LogP contribution in [0.25, 0.3) is 0 Å². The van der Waals surface area contributed by atoms with Gasteiger partial charge in [-0.1, -0.05) is 45.4 Å². The van der Waals surface area contributed by atoms with E-state index in [0.29, 0.717) is 36.1 Å². The first kappa shape index (κ1) is 18.8. The molecule has 0 saturated heterocycles. The van der Waals surface area contributed by atoms with E-state index >= 15 is 0 Å². The quantitative estimate of drug-likeness (QED) is 0.756. The molecule has 22 heavy (non-hydrogen) atoms. The lowest BCUT2D eigenvalue weighted by Crippen LogP contribution is -2.24. The second kappa shape index (κ2) is 8.39. The summed E-state index contributed by atoms with van der Waals surface area (Å²) < 4.78 is 10.6. The molecule has 1 rings (SSSR count). The van der Waals surface area contributed by atoms with Crippen molar-refractivity contribution in [2.24, 2.45) is 11.3 Å². The number of ether oxygens (including phenoxy) is 2. The van der Waals surface area contributed by atoms with Crippen LogP contribution in [0.5, 0.6) is 5.75 Å². The third-order valence-corrected chi connectivity index (χ3v) is 4.04. The molecule has 1 N–H and O–H groups in total. The van der Waals surface area contributed by atoms with Gasteiger partial charge in [-0.05, 0) is 23.5 Å². The second-order valence-electron chi connectivity index (χ2n) is 6.48. The molecule has 0 heterocycles. The molecule has 0 fully saturated rings. The molecule has 1 aromatic carbocycles. The fraction of sp³-hybridized carbons (Fsp3) is 0.588. The summed E-state index contributed by atoms with van der Waals surface area (Å²) in [6.45, 7) is 9.30. The van der Waals surface area contributed by atoms with E-state index in [1.54, 1.807) is 25.3 Å². The number of amides is 1. The Morgan fingerprint density at radius 3 is 2.59 bits per heavy atom. The molecule has 0 saturated carbocycles. The first-order chi connectivity index (χ1) is 10.3. The number of methoxy groups -OCH3 is 1. The number of carbonyl (C=O) groups excluding carboxylic acids is 1. The van der Waals surface area contributed by atoms with Gasteiger partial charge in [0.2, 0.25) is 5.91 Å². The van der Waals surface area contributed by atoms with Gasteiger partial charge in [-0.2, -0.15) is 0 Å². The van der Waals surface area contributed by atoms with E-state index in [1.165, 1.54) is 0 Å². The van der Waals surface area contributed by atoms with Crippen LogP contribution in [0.1, 0.15) is 34.1 Å². The maximum atomic E-state index is 12.2. The smallest absolute Gasteiger partial charge is 0.224 e. The number of hydrogen-bond donors (Lipinski definition) is 1. The zero-order chi connectivity index (χ0) is 16.8. The van der Waals surface area contributed by atoms with Crippen molar-refractivity contribution in [1.82, 2.24) is 0 Å². The van der Waals surface area contributed by atoms with Crippen LogP contribution in [0.15, 0.2) is 18.2 Å². The van der Waals surface area contributed by atoms with Gasteiger partial charge in [-0.15, -0.1) is 0 Å². The summed E-state index contributed by atoms with van der Waals surface area (Å²) in [5, 5.41) is 3.36. The molecule has 0 aliphatic rings.